The van der Waals surface area contributed by atoms with Crippen molar-refractivity contribution in [2.75, 3.05) is 25.5 Å². The van der Waals surface area contributed by atoms with E-state index in [4.69, 9.17) is 5.11 Å². The minimum absolute atomic E-state index is 0.0380. The van der Waals surface area contributed by atoms with E-state index in [1.807, 2.05) is 18.9 Å². The molecule has 18 heavy (non-hydrogen) atoms. The van der Waals surface area contributed by atoms with Crippen LogP contribution < -0.4 is 10.2 Å². The minimum Gasteiger partial charge on any atom is -0.478 e. The van der Waals surface area contributed by atoms with Crippen molar-refractivity contribution in [2.45, 2.75) is 6.92 Å². The zero-order valence-electron chi connectivity index (χ0n) is 10.7. The van der Waals surface area contributed by atoms with Crippen molar-refractivity contribution < 1.29 is 14.7 Å². The predicted molar refractivity (Wildman–Crippen MR) is 67.7 cm³/mol. The van der Waals surface area contributed by atoms with Gasteiger partial charge in [0.25, 0.3) is 0 Å². The average molecular weight is 251 g/mol. The molecule has 2 N–H and O–H groups in total. The van der Waals surface area contributed by atoms with Gasteiger partial charge in [0, 0.05) is 26.8 Å². The lowest BCUT2D eigenvalue weighted by Crippen LogP contribution is -2.34. The largest absolute Gasteiger partial charge is 0.478 e. The van der Waals surface area contributed by atoms with E-state index >= 15 is 0 Å². The number of carboxylic acid groups (broad SMARTS) is 1. The second kappa shape index (κ2) is 6.00. The van der Waals surface area contributed by atoms with Crippen molar-refractivity contribution in [1.82, 2.24) is 10.3 Å². The van der Waals surface area contributed by atoms with Crippen LogP contribution in [0.25, 0.3) is 0 Å². The maximum atomic E-state index is 11.4. The number of nitrogens with zero attached hydrogens (tertiary/aromatic N) is 2. The van der Waals surface area contributed by atoms with Crippen molar-refractivity contribution in [3.8, 4) is 0 Å². The summed E-state index contributed by atoms with van der Waals surface area (Å²) in [6.07, 6.45) is 1.30. The molecule has 1 aromatic heterocycles. The van der Waals surface area contributed by atoms with Gasteiger partial charge in [0.2, 0.25) is 5.91 Å². The second-order valence-corrected chi connectivity index (χ2v) is 4.11. The van der Waals surface area contributed by atoms with Gasteiger partial charge in [-0.05, 0) is 12.1 Å². The summed E-state index contributed by atoms with van der Waals surface area (Å²) in [5, 5.41) is 11.3. The van der Waals surface area contributed by atoms with Crippen LogP contribution in [0.15, 0.2) is 18.3 Å². The highest BCUT2D eigenvalue weighted by atomic mass is 16.4. The molecule has 0 aliphatic carbocycles. The number of rotatable bonds is 5. The molecule has 98 valence electrons. The molecule has 0 aromatic carbocycles. The smallest absolute Gasteiger partial charge is 0.337 e. The van der Waals surface area contributed by atoms with E-state index in [9.17, 15) is 9.59 Å². The van der Waals surface area contributed by atoms with Gasteiger partial charge in [-0.1, -0.05) is 6.92 Å². The second-order valence-electron chi connectivity index (χ2n) is 4.11. The van der Waals surface area contributed by atoms with Crippen LogP contribution in [0.2, 0.25) is 0 Å². The quantitative estimate of drug-likeness (QED) is 0.800. The Kier molecular flexibility index (Phi) is 4.65. The highest BCUT2D eigenvalue weighted by Crippen LogP contribution is 2.11. The number of hydrogen-bond acceptors (Lipinski definition) is 4. The lowest BCUT2D eigenvalue weighted by molar-refractivity contribution is -0.123. The fourth-order valence-electron chi connectivity index (χ4n) is 1.57. The van der Waals surface area contributed by atoms with Crippen molar-refractivity contribution in [2.24, 2.45) is 5.92 Å². The number of aromatic nitrogens is 1. The lowest BCUT2D eigenvalue weighted by Gasteiger charge is -2.21. The maximum Gasteiger partial charge on any atom is 0.337 e. The van der Waals surface area contributed by atoms with Gasteiger partial charge < -0.3 is 15.3 Å². The molecular formula is C12H17N3O3. The van der Waals surface area contributed by atoms with E-state index in [1.54, 1.807) is 13.1 Å². The fourth-order valence-corrected chi connectivity index (χ4v) is 1.57. The molecule has 0 aliphatic heterocycles. The number of carbonyl (C=O) groups excluding carboxylic acids is 1. The third-order valence-corrected chi connectivity index (χ3v) is 2.63. The summed E-state index contributed by atoms with van der Waals surface area (Å²) in [6, 6.07) is 3.12. The van der Waals surface area contributed by atoms with Crippen molar-refractivity contribution >= 4 is 17.7 Å². The molecule has 0 fully saturated rings. The first-order chi connectivity index (χ1) is 8.45. The summed E-state index contributed by atoms with van der Waals surface area (Å²) in [7, 11) is 3.40. The van der Waals surface area contributed by atoms with Crippen LogP contribution in [0.4, 0.5) is 5.82 Å². The minimum atomic E-state index is -1.00. The van der Waals surface area contributed by atoms with Gasteiger partial charge in [-0.2, -0.15) is 0 Å². The van der Waals surface area contributed by atoms with Crippen LogP contribution >= 0.6 is 0 Å². The molecule has 0 bridgehead atoms. The van der Waals surface area contributed by atoms with Crippen LogP contribution in [0.1, 0.15) is 17.3 Å². The number of anilines is 1. The number of pyridine rings is 1. The molecule has 6 heteroatoms. The molecule has 1 amide bonds. The Hall–Kier alpha value is -2.11. The van der Waals surface area contributed by atoms with Gasteiger partial charge in [0.05, 0.1) is 11.5 Å². The average Bonchev–Trinajstić information content (AvgIpc) is 2.37. The topological polar surface area (TPSA) is 82.5 Å². The number of amides is 1. The third kappa shape index (κ3) is 3.44. The molecular weight excluding hydrogens is 234 g/mol. The Balaban J connectivity index is 2.69. The normalized spacial score (nSPS) is 11.7. The lowest BCUT2D eigenvalue weighted by atomic mass is 10.1. The molecule has 0 saturated heterocycles. The first-order valence-electron chi connectivity index (χ1n) is 5.57. The number of hydrogen-bond donors (Lipinski definition) is 2. The highest BCUT2D eigenvalue weighted by Gasteiger charge is 2.14. The third-order valence-electron chi connectivity index (χ3n) is 2.63. The molecule has 1 aromatic rings. The first-order valence-corrected chi connectivity index (χ1v) is 5.57. The van der Waals surface area contributed by atoms with E-state index in [0.717, 1.165) is 0 Å². The van der Waals surface area contributed by atoms with Crippen LogP contribution in [0.3, 0.4) is 0 Å². The SMILES string of the molecule is CNC(=O)C(C)CN(C)c1ccc(C(=O)O)cn1. The van der Waals surface area contributed by atoms with Gasteiger partial charge in [-0.25, -0.2) is 9.78 Å². The van der Waals surface area contributed by atoms with E-state index in [1.165, 1.54) is 12.3 Å². The molecule has 0 radical (unpaired) electrons. The van der Waals surface area contributed by atoms with Gasteiger partial charge in [0.1, 0.15) is 5.82 Å². The van der Waals surface area contributed by atoms with Crippen LogP contribution in [0, 0.1) is 5.92 Å². The maximum absolute atomic E-state index is 11.4. The molecule has 0 spiro atoms. The number of carboxylic acids is 1. The number of nitrogens with one attached hydrogen (secondary N) is 1. The van der Waals surface area contributed by atoms with Gasteiger partial charge in [-0.15, -0.1) is 0 Å². The first kappa shape index (κ1) is 14.0. The van der Waals surface area contributed by atoms with Gasteiger partial charge >= 0.3 is 5.97 Å². The molecule has 1 heterocycles. The zero-order chi connectivity index (χ0) is 13.7. The Labute approximate surface area is 106 Å². The predicted octanol–water partition coefficient (Wildman–Crippen LogP) is 0.598. The fraction of sp³-hybridized carbons (Fsp3) is 0.417. The Morgan fingerprint density at radius 2 is 2.17 bits per heavy atom. The summed E-state index contributed by atoms with van der Waals surface area (Å²) >= 11 is 0. The van der Waals surface area contributed by atoms with Crippen molar-refractivity contribution in [3.63, 3.8) is 0 Å². The van der Waals surface area contributed by atoms with Crippen molar-refractivity contribution in [1.29, 1.82) is 0 Å². The Morgan fingerprint density at radius 1 is 1.50 bits per heavy atom. The summed E-state index contributed by atoms with van der Waals surface area (Å²) < 4.78 is 0. The van der Waals surface area contributed by atoms with E-state index in [0.29, 0.717) is 12.4 Å². The monoisotopic (exact) mass is 251 g/mol. The Bertz CT molecular complexity index is 431. The van der Waals surface area contributed by atoms with E-state index < -0.39 is 5.97 Å². The summed E-state index contributed by atoms with van der Waals surface area (Å²) in [5.41, 5.74) is 0.145. The molecule has 0 saturated carbocycles. The summed E-state index contributed by atoms with van der Waals surface area (Å²) in [5.74, 6) is -0.573. The standard InChI is InChI=1S/C12H17N3O3/c1-8(11(16)13-2)7-15(3)10-5-4-9(6-14-10)12(17)18/h4-6,8H,7H2,1-3H3,(H,13,16)(H,17,18). The van der Waals surface area contributed by atoms with E-state index in [2.05, 4.69) is 10.3 Å². The molecule has 0 aliphatic rings. The molecule has 1 atom stereocenters. The van der Waals surface area contributed by atoms with Crippen molar-refractivity contribution in [3.05, 3.63) is 23.9 Å². The van der Waals surface area contributed by atoms with Crippen LogP contribution in [-0.2, 0) is 4.79 Å². The Morgan fingerprint density at radius 3 is 2.61 bits per heavy atom. The van der Waals surface area contributed by atoms with E-state index in [-0.39, 0.29) is 17.4 Å². The van der Waals surface area contributed by atoms with Crippen LogP contribution in [0.5, 0.6) is 0 Å². The summed E-state index contributed by atoms with van der Waals surface area (Å²) in [4.78, 5) is 27.9. The number of aromatic carboxylic acids is 1. The highest BCUT2D eigenvalue weighted by molar-refractivity contribution is 5.87. The van der Waals surface area contributed by atoms with Gasteiger partial charge in [0.15, 0.2) is 0 Å². The zero-order valence-corrected chi connectivity index (χ0v) is 10.7. The molecule has 1 rings (SSSR count). The van der Waals surface area contributed by atoms with Crippen LogP contribution in [-0.4, -0.2) is 42.6 Å². The summed E-state index contributed by atoms with van der Waals surface area (Å²) in [6.45, 7) is 2.33. The van der Waals surface area contributed by atoms with Gasteiger partial charge in [-0.3, -0.25) is 4.79 Å². The number of carbonyl (C=O) groups is 2. The molecule has 1 unspecified atom stereocenters. The molecule has 6 nitrogen and oxygen atoms in total.